The average Bonchev–Trinajstić information content (AvgIpc) is 2.54. The molecular formula is C19H17N3O2. The Balaban J connectivity index is 1.86. The Kier molecular flexibility index (Phi) is 4.24. The van der Waals surface area contributed by atoms with Crippen LogP contribution in [0, 0.1) is 6.92 Å². The first kappa shape index (κ1) is 15.7. The van der Waals surface area contributed by atoms with Crippen molar-refractivity contribution < 1.29 is 9.59 Å². The number of carbonyl (C=O) groups is 2. The third-order valence-corrected chi connectivity index (χ3v) is 3.56. The van der Waals surface area contributed by atoms with E-state index >= 15 is 0 Å². The number of pyridine rings is 1. The summed E-state index contributed by atoms with van der Waals surface area (Å²) in [5.41, 5.74) is 3.65. The van der Waals surface area contributed by atoms with Crippen molar-refractivity contribution in [2.24, 2.45) is 0 Å². The highest BCUT2D eigenvalue weighted by Gasteiger charge is 2.10. The lowest BCUT2D eigenvalue weighted by Crippen LogP contribution is -2.13. The van der Waals surface area contributed by atoms with Crippen LogP contribution in [0.5, 0.6) is 0 Å². The fraction of sp³-hybridized carbons (Fsp3) is 0.105. The summed E-state index contributed by atoms with van der Waals surface area (Å²) in [6, 6.07) is 14.5. The molecule has 1 aromatic heterocycles. The number of aromatic nitrogens is 1. The van der Waals surface area contributed by atoms with Crippen LogP contribution in [0.2, 0.25) is 0 Å². The number of nitrogens with zero attached hydrogens (tertiary/aromatic N) is 1. The number of nitrogens with one attached hydrogen (secondary N) is 2. The molecule has 5 heteroatoms. The summed E-state index contributed by atoms with van der Waals surface area (Å²) in [6.07, 6.45) is 1.70. The van der Waals surface area contributed by atoms with Gasteiger partial charge in [0.15, 0.2) is 0 Å². The molecule has 1 heterocycles. The number of aryl methyl sites for hydroxylation is 1. The van der Waals surface area contributed by atoms with E-state index < -0.39 is 0 Å². The molecule has 24 heavy (non-hydrogen) atoms. The number of benzene rings is 2. The highest BCUT2D eigenvalue weighted by molar-refractivity contribution is 6.08. The molecule has 0 saturated heterocycles. The lowest BCUT2D eigenvalue weighted by Gasteiger charge is -2.10. The molecule has 0 unspecified atom stereocenters. The quantitative estimate of drug-likeness (QED) is 0.772. The molecule has 2 N–H and O–H groups in total. The van der Waals surface area contributed by atoms with Crippen molar-refractivity contribution in [3.63, 3.8) is 0 Å². The highest BCUT2D eigenvalue weighted by Crippen LogP contribution is 2.24. The van der Waals surface area contributed by atoms with E-state index in [9.17, 15) is 9.59 Å². The zero-order chi connectivity index (χ0) is 17.1. The summed E-state index contributed by atoms with van der Waals surface area (Å²) < 4.78 is 0. The monoisotopic (exact) mass is 319 g/mol. The van der Waals surface area contributed by atoms with Crippen LogP contribution >= 0.6 is 0 Å². The maximum Gasteiger partial charge on any atom is 0.255 e. The number of amides is 2. The molecule has 0 atom stereocenters. The predicted molar refractivity (Wildman–Crippen MR) is 95.2 cm³/mol. The minimum atomic E-state index is -0.220. The van der Waals surface area contributed by atoms with Gasteiger partial charge in [0.25, 0.3) is 5.91 Å². The maximum atomic E-state index is 12.5. The molecule has 0 aliphatic heterocycles. The minimum Gasteiger partial charge on any atom is -0.326 e. The van der Waals surface area contributed by atoms with Gasteiger partial charge >= 0.3 is 0 Å². The van der Waals surface area contributed by atoms with Gasteiger partial charge in [-0.3, -0.25) is 14.6 Å². The van der Waals surface area contributed by atoms with Gasteiger partial charge in [0.05, 0.1) is 11.2 Å². The van der Waals surface area contributed by atoms with E-state index in [1.54, 1.807) is 30.5 Å². The first-order valence-electron chi connectivity index (χ1n) is 7.57. The van der Waals surface area contributed by atoms with E-state index in [0.717, 1.165) is 16.5 Å². The molecule has 3 aromatic rings. The van der Waals surface area contributed by atoms with Crippen molar-refractivity contribution in [3.05, 3.63) is 65.9 Å². The molecule has 2 aromatic carbocycles. The van der Waals surface area contributed by atoms with Gasteiger partial charge in [0.2, 0.25) is 5.91 Å². The van der Waals surface area contributed by atoms with Crippen molar-refractivity contribution in [1.82, 2.24) is 4.98 Å². The second kappa shape index (κ2) is 6.50. The highest BCUT2D eigenvalue weighted by atomic mass is 16.2. The molecule has 0 radical (unpaired) electrons. The van der Waals surface area contributed by atoms with E-state index in [1.807, 2.05) is 31.2 Å². The Bertz CT molecular complexity index is 918. The fourth-order valence-corrected chi connectivity index (χ4v) is 2.54. The normalized spacial score (nSPS) is 10.4. The van der Waals surface area contributed by atoms with Crippen molar-refractivity contribution in [3.8, 4) is 0 Å². The second-order valence-corrected chi connectivity index (χ2v) is 5.60. The molecule has 0 aliphatic carbocycles. The molecule has 120 valence electrons. The van der Waals surface area contributed by atoms with Crippen LogP contribution in [-0.2, 0) is 4.79 Å². The van der Waals surface area contributed by atoms with Gasteiger partial charge in [0, 0.05) is 29.8 Å². The van der Waals surface area contributed by atoms with Crippen molar-refractivity contribution >= 4 is 34.1 Å². The molecule has 0 bridgehead atoms. The maximum absolute atomic E-state index is 12.5. The molecule has 2 amide bonds. The average molecular weight is 319 g/mol. The Morgan fingerprint density at radius 3 is 2.46 bits per heavy atom. The molecule has 0 fully saturated rings. The minimum absolute atomic E-state index is 0.149. The van der Waals surface area contributed by atoms with E-state index in [1.165, 1.54) is 6.92 Å². The first-order valence-corrected chi connectivity index (χ1v) is 7.57. The largest absolute Gasteiger partial charge is 0.326 e. The molecule has 0 spiro atoms. The lowest BCUT2D eigenvalue weighted by molar-refractivity contribution is -0.114. The van der Waals surface area contributed by atoms with Crippen molar-refractivity contribution in [1.29, 1.82) is 0 Å². The van der Waals surface area contributed by atoms with Crippen LogP contribution in [0.4, 0.5) is 11.4 Å². The first-order chi connectivity index (χ1) is 11.5. The fourth-order valence-electron chi connectivity index (χ4n) is 2.54. The Morgan fingerprint density at radius 2 is 1.75 bits per heavy atom. The number of rotatable bonds is 3. The molecule has 5 nitrogen and oxygen atoms in total. The van der Waals surface area contributed by atoms with Crippen LogP contribution in [0.25, 0.3) is 10.9 Å². The summed E-state index contributed by atoms with van der Waals surface area (Å²) >= 11 is 0. The summed E-state index contributed by atoms with van der Waals surface area (Å²) in [7, 11) is 0. The Labute approximate surface area is 139 Å². The third-order valence-electron chi connectivity index (χ3n) is 3.56. The molecular weight excluding hydrogens is 302 g/mol. The van der Waals surface area contributed by atoms with Gasteiger partial charge in [-0.1, -0.05) is 6.07 Å². The summed E-state index contributed by atoms with van der Waals surface area (Å²) in [5, 5.41) is 6.57. The topological polar surface area (TPSA) is 71.1 Å². The van der Waals surface area contributed by atoms with Gasteiger partial charge in [-0.25, -0.2) is 0 Å². The predicted octanol–water partition coefficient (Wildman–Crippen LogP) is 3.75. The van der Waals surface area contributed by atoms with Crippen molar-refractivity contribution in [2.75, 3.05) is 10.6 Å². The second-order valence-electron chi connectivity index (χ2n) is 5.60. The Morgan fingerprint density at radius 1 is 1.00 bits per heavy atom. The van der Waals surface area contributed by atoms with Crippen LogP contribution < -0.4 is 10.6 Å². The summed E-state index contributed by atoms with van der Waals surface area (Å²) in [5.74, 6) is -0.369. The van der Waals surface area contributed by atoms with Crippen molar-refractivity contribution in [2.45, 2.75) is 13.8 Å². The lowest BCUT2D eigenvalue weighted by atomic mass is 10.1. The van der Waals surface area contributed by atoms with Crippen LogP contribution in [0.1, 0.15) is 22.8 Å². The SMILES string of the molecule is CC(=O)Nc1ccc(C(=O)Nc2cc(C)cc3cccnc23)cc1. The van der Waals surface area contributed by atoms with E-state index in [4.69, 9.17) is 0 Å². The van der Waals surface area contributed by atoms with Crippen LogP contribution in [-0.4, -0.2) is 16.8 Å². The molecule has 3 rings (SSSR count). The van der Waals surface area contributed by atoms with Gasteiger partial charge in [-0.05, 0) is 55.0 Å². The van der Waals surface area contributed by atoms with E-state index in [0.29, 0.717) is 16.9 Å². The number of hydrogen-bond acceptors (Lipinski definition) is 3. The number of anilines is 2. The standard InChI is InChI=1S/C19H17N3O2/c1-12-10-15-4-3-9-20-18(15)17(11-12)22-19(24)14-5-7-16(8-6-14)21-13(2)23/h3-11H,1-2H3,(H,21,23)(H,22,24). The van der Waals surface area contributed by atoms with E-state index in [-0.39, 0.29) is 11.8 Å². The van der Waals surface area contributed by atoms with E-state index in [2.05, 4.69) is 15.6 Å². The van der Waals surface area contributed by atoms with Gasteiger partial charge in [-0.2, -0.15) is 0 Å². The smallest absolute Gasteiger partial charge is 0.255 e. The molecule has 0 saturated carbocycles. The van der Waals surface area contributed by atoms with Gasteiger partial charge < -0.3 is 10.6 Å². The van der Waals surface area contributed by atoms with Crippen LogP contribution in [0.15, 0.2) is 54.7 Å². The zero-order valence-electron chi connectivity index (χ0n) is 13.5. The summed E-state index contributed by atoms with van der Waals surface area (Å²) in [4.78, 5) is 27.9. The zero-order valence-corrected chi connectivity index (χ0v) is 13.5. The third kappa shape index (κ3) is 3.41. The molecule has 0 aliphatic rings. The number of hydrogen-bond donors (Lipinski definition) is 2. The van der Waals surface area contributed by atoms with Gasteiger partial charge in [-0.15, -0.1) is 0 Å². The van der Waals surface area contributed by atoms with Gasteiger partial charge in [0.1, 0.15) is 0 Å². The summed E-state index contributed by atoms with van der Waals surface area (Å²) in [6.45, 7) is 3.42. The Hall–Kier alpha value is -3.21. The number of fused-ring (bicyclic) bond motifs is 1. The number of carbonyl (C=O) groups excluding carboxylic acids is 2. The van der Waals surface area contributed by atoms with Crippen LogP contribution in [0.3, 0.4) is 0 Å².